The highest BCUT2D eigenvalue weighted by Crippen LogP contribution is 2.24. The lowest BCUT2D eigenvalue weighted by Gasteiger charge is -2.22. The largest absolute Gasteiger partial charge is 0.497 e. The van der Waals surface area contributed by atoms with Crippen LogP contribution in [0.25, 0.3) is 0 Å². The van der Waals surface area contributed by atoms with Crippen molar-refractivity contribution in [1.29, 1.82) is 0 Å². The Labute approximate surface area is 186 Å². The average molecular weight is 434 g/mol. The summed E-state index contributed by atoms with van der Waals surface area (Å²) in [5.74, 6) is -0.00968. The van der Waals surface area contributed by atoms with Crippen LogP contribution in [0.3, 0.4) is 0 Å². The molecule has 0 aromatic heterocycles. The Kier molecular flexibility index (Phi) is 5.94. The molecule has 0 unspecified atom stereocenters. The molecule has 0 saturated carbocycles. The number of rotatable bonds is 7. The first-order chi connectivity index (χ1) is 15.4. The van der Waals surface area contributed by atoms with Crippen molar-refractivity contribution in [3.63, 3.8) is 0 Å². The lowest BCUT2D eigenvalue weighted by Crippen LogP contribution is -2.45. The predicted molar refractivity (Wildman–Crippen MR) is 119 cm³/mol. The predicted octanol–water partition coefficient (Wildman–Crippen LogP) is 2.57. The van der Waals surface area contributed by atoms with Gasteiger partial charge in [-0.1, -0.05) is 42.5 Å². The summed E-state index contributed by atoms with van der Waals surface area (Å²) < 4.78 is 5.16. The van der Waals surface area contributed by atoms with E-state index in [9.17, 15) is 14.4 Å². The smallest absolute Gasteiger partial charge is 0.325 e. The molecule has 8 nitrogen and oxygen atoms in total. The summed E-state index contributed by atoms with van der Waals surface area (Å²) in [6.07, 6.45) is 1.66. The lowest BCUT2D eigenvalue weighted by atomic mass is 9.93. The van der Waals surface area contributed by atoms with Gasteiger partial charge in [-0.25, -0.2) is 9.80 Å². The summed E-state index contributed by atoms with van der Waals surface area (Å²) in [5, 5.41) is 8.50. The topological polar surface area (TPSA) is 91.3 Å². The van der Waals surface area contributed by atoms with Crippen LogP contribution in [0.15, 0.2) is 59.7 Å². The lowest BCUT2D eigenvalue weighted by molar-refractivity contribution is -0.138. The molecule has 2 aromatic rings. The standard InChI is InChI=1S/C24H26N4O4/c1-24(14-12-17-8-10-19(32-2)11-9-17)22(30)27(23(31)25-24)16-21(29)28-15-13-20(26-28)18-6-4-3-5-7-18/h3-11H,12-16H2,1-2H3,(H,25,31)/t24-/m0/s1. The van der Waals surface area contributed by atoms with E-state index in [1.54, 1.807) is 14.0 Å². The molecule has 0 radical (unpaired) electrons. The van der Waals surface area contributed by atoms with E-state index in [0.717, 1.165) is 27.5 Å². The van der Waals surface area contributed by atoms with Crippen LogP contribution in [0.5, 0.6) is 5.75 Å². The SMILES string of the molecule is COc1ccc(CC[C@]2(C)NC(=O)N(CC(=O)N3CCC(c4ccccc4)=N3)C2=O)cc1. The Balaban J connectivity index is 1.38. The average Bonchev–Trinajstić information content (AvgIpc) is 3.39. The van der Waals surface area contributed by atoms with Crippen LogP contribution in [-0.4, -0.2) is 59.2 Å². The summed E-state index contributed by atoms with van der Waals surface area (Å²) in [5.41, 5.74) is 1.76. The highest BCUT2D eigenvalue weighted by Gasteiger charge is 2.48. The van der Waals surface area contributed by atoms with Gasteiger partial charge in [0.1, 0.15) is 17.8 Å². The third-order valence-corrected chi connectivity index (χ3v) is 5.91. The molecule has 0 aliphatic carbocycles. The van der Waals surface area contributed by atoms with Gasteiger partial charge in [0.25, 0.3) is 11.8 Å². The fourth-order valence-electron chi connectivity index (χ4n) is 3.93. The molecule has 166 valence electrons. The Morgan fingerprint density at radius 3 is 2.53 bits per heavy atom. The monoisotopic (exact) mass is 434 g/mol. The molecule has 0 bridgehead atoms. The van der Waals surface area contributed by atoms with Gasteiger partial charge in [0, 0.05) is 6.42 Å². The van der Waals surface area contributed by atoms with E-state index >= 15 is 0 Å². The first-order valence-electron chi connectivity index (χ1n) is 10.6. The third kappa shape index (κ3) is 4.34. The highest BCUT2D eigenvalue weighted by atomic mass is 16.5. The van der Waals surface area contributed by atoms with Gasteiger partial charge in [0.15, 0.2) is 0 Å². The zero-order valence-electron chi connectivity index (χ0n) is 18.2. The number of imide groups is 1. The van der Waals surface area contributed by atoms with Crippen LogP contribution in [0.1, 0.15) is 30.9 Å². The number of methoxy groups -OCH3 is 1. The molecule has 2 aliphatic rings. The zero-order valence-corrected chi connectivity index (χ0v) is 18.2. The van der Waals surface area contributed by atoms with Crippen LogP contribution in [0.2, 0.25) is 0 Å². The van der Waals surface area contributed by atoms with Crippen molar-refractivity contribution in [3.05, 3.63) is 65.7 Å². The van der Waals surface area contributed by atoms with E-state index in [-0.39, 0.29) is 12.5 Å². The van der Waals surface area contributed by atoms with E-state index in [4.69, 9.17) is 4.74 Å². The van der Waals surface area contributed by atoms with Crippen molar-refractivity contribution in [2.45, 2.75) is 31.7 Å². The van der Waals surface area contributed by atoms with Gasteiger partial charge in [-0.3, -0.25) is 14.5 Å². The number of aryl methyl sites for hydroxylation is 1. The maximum absolute atomic E-state index is 13.0. The Bertz CT molecular complexity index is 1050. The number of urea groups is 1. The van der Waals surface area contributed by atoms with Crippen LogP contribution in [-0.2, 0) is 16.0 Å². The number of carbonyl (C=O) groups excluding carboxylic acids is 3. The second kappa shape index (κ2) is 8.82. The van der Waals surface area contributed by atoms with Gasteiger partial charge < -0.3 is 10.1 Å². The fourth-order valence-corrected chi connectivity index (χ4v) is 3.93. The Hall–Kier alpha value is -3.68. The second-order valence-electron chi connectivity index (χ2n) is 8.18. The molecule has 0 spiro atoms. The number of hydrogen-bond acceptors (Lipinski definition) is 5. The van der Waals surface area contributed by atoms with E-state index in [1.165, 1.54) is 5.01 Å². The van der Waals surface area contributed by atoms with Crippen molar-refractivity contribution in [2.75, 3.05) is 20.2 Å². The molecule has 1 saturated heterocycles. The van der Waals surface area contributed by atoms with Crippen LogP contribution < -0.4 is 10.1 Å². The molecule has 2 heterocycles. The van der Waals surface area contributed by atoms with Gasteiger partial charge in [0.05, 0.1) is 19.4 Å². The Morgan fingerprint density at radius 1 is 1.12 bits per heavy atom. The molecule has 1 fully saturated rings. The maximum atomic E-state index is 13.0. The van der Waals surface area contributed by atoms with E-state index < -0.39 is 17.5 Å². The zero-order chi connectivity index (χ0) is 22.7. The molecule has 32 heavy (non-hydrogen) atoms. The number of benzene rings is 2. The van der Waals surface area contributed by atoms with E-state index in [0.29, 0.717) is 25.8 Å². The molecular formula is C24H26N4O4. The minimum atomic E-state index is -1.05. The van der Waals surface area contributed by atoms with Crippen LogP contribution in [0, 0.1) is 0 Å². The van der Waals surface area contributed by atoms with Gasteiger partial charge in [-0.2, -0.15) is 5.10 Å². The van der Waals surface area contributed by atoms with Crippen LogP contribution >= 0.6 is 0 Å². The maximum Gasteiger partial charge on any atom is 0.325 e. The summed E-state index contributed by atoms with van der Waals surface area (Å²) in [6.45, 7) is 1.80. The van der Waals surface area contributed by atoms with Crippen molar-refractivity contribution in [3.8, 4) is 5.75 Å². The number of hydrazone groups is 1. The van der Waals surface area contributed by atoms with Crippen molar-refractivity contribution < 1.29 is 19.1 Å². The molecule has 1 N–H and O–H groups in total. The normalized spacial score (nSPS) is 20.4. The Morgan fingerprint density at radius 2 is 1.84 bits per heavy atom. The number of hydrogen-bond donors (Lipinski definition) is 1. The first-order valence-corrected chi connectivity index (χ1v) is 10.6. The molecular weight excluding hydrogens is 408 g/mol. The third-order valence-electron chi connectivity index (χ3n) is 5.91. The van der Waals surface area contributed by atoms with E-state index in [2.05, 4.69) is 10.4 Å². The summed E-state index contributed by atoms with van der Waals surface area (Å²) in [7, 11) is 1.61. The van der Waals surface area contributed by atoms with Gasteiger partial charge in [-0.15, -0.1) is 0 Å². The first kappa shape index (κ1) is 21.5. The number of nitrogens with zero attached hydrogens (tertiary/aromatic N) is 3. The molecule has 4 amide bonds. The fraction of sp³-hybridized carbons (Fsp3) is 0.333. The number of nitrogens with one attached hydrogen (secondary N) is 1. The van der Waals surface area contributed by atoms with Gasteiger partial charge >= 0.3 is 6.03 Å². The number of carbonyl (C=O) groups is 3. The molecule has 2 aromatic carbocycles. The molecule has 8 heteroatoms. The minimum Gasteiger partial charge on any atom is -0.497 e. The van der Waals surface area contributed by atoms with Crippen molar-refractivity contribution in [2.24, 2.45) is 5.10 Å². The second-order valence-corrected chi connectivity index (χ2v) is 8.18. The van der Waals surface area contributed by atoms with Crippen molar-refractivity contribution in [1.82, 2.24) is 15.2 Å². The van der Waals surface area contributed by atoms with Crippen molar-refractivity contribution >= 4 is 23.6 Å². The summed E-state index contributed by atoms with van der Waals surface area (Å²) >= 11 is 0. The van der Waals surface area contributed by atoms with Crippen LogP contribution in [0.4, 0.5) is 4.79 Å². The summed E-state index contributed by atoms with van der Waals surface area (Å²) in [6, 6.07) is 16.7. The summed E-state index contributed by atoms with van der Waals surface area (Å²) in [4.78, 5) is 39.3. The molecule has 1 atom stereocenters. The van der Waals surface area contributed by atoms with Gasteiger partial charge in [0.2, 0.25) is 0 Å². The number of amides is 4. The molecule has 2 aliphatic heterocycles. The quantitative estimate of drug-likeness (QED) is 0.678. The minimum absolute atomic E-state index is 0.325. The number of ether oxygens (including phenoxy) is 1. The highest BCUT2D eigenvalue weighted by molar-refractivity contribution is 6.09. The van der Waals surface area contributed by atoms with E-state index in [1.807, 2.05) is 54.6 Å². The van der Waals surface area contributed by atoms with Gasteiger partial charge in [-0.05, 0) is 43.0 Å². The molecule has 4 rings (SSSR count).